The van der Waals surface area contributed by atoms with E-state index in [1.807, 2.05) is 6.07 Å². The summed E-state index contributed by atoms with van der Waals surface area (Å²) >= 11 is 0. The highest BCUT2D eigenvalue weighted by Gasteiger charge is 2.17. The highest BCUT2D eigenvalue weighted by Crippen LogP contribution is 2.21. The number of halogens is 1. The third-order valence-electron chi connectivity index (χ3n) is 4.61. The van der Waals surface area contributed by atoms with Crippen LogP contribution in [0.3, 0.4) is 0 Å². The summed E-state index contributed by atoms with van der Waals surface area (Å²) in [6, 6.07) is 7.87. The highest BCUT2D eigenvalue weighted by molar-refractivity contribution is 5.85. The smallest absolute Gasteiger partial charge is 0.336 e. The molecule has 0 aliphatic carbocycles. The van der Waals surface area contributed by atoms with Gasteiger partial charge in [0.05, 0.1) is 0 Å². The van der Waals surface area contributed by atoms with Crippen molar-refractivity contribution in [1.82, 2.24) is 9.80 Å². The topological polar surface area (TPSA) is 36.7 Å². The maximum Gasteiger partial charge on any atom is 0.336 e. The van der Waals surface area contributed by atoms with E-state index in [4.69, 9.17) is 4.42 Å². The molecule has 1 aromatic carbocycles. The molecule has 1 saturated heterocycles. The van der Waals surface area contributed by atoms with Crippen molar-refractivity contribution < 1.29 is 4.42 Å². The molecule has 0 atom stereocenters. The normalized spacial score (nSPS) is 16.4. The van der Waals surface area contributed by atoms with Crippen molar-refractivity contribution in [1.29, 1.82) is 0 Å². The Bertz CT molecular complexity index is 706. The largest absolute Gasteiger partial charge is 0.423 e. The third kappa shape index (κ3) is 4.14. The van der Waals surface area contributed by atoms with Gasteiger partial charge in [0.15, 0.2) is 0 Å². The summed E-state index contributed by atoms with van der Waals surface area (Å²) in [5.41, 5.74) is 2.75. The van der Waals surface area contributed by atoms with Gasteiger partial charge in [-0.25, -0.2) is 4.79 Å². The summed E-state index contributed by atoms with van der Waals surface area (Å²) in [5.74, 6) is 0. The second-order valence-corrected chi connectivity index (χ2v) is 5.99. The van der Waals surface area contributed by atoms with Crippen LogP contribution in [-0.2, 0) is 13.0 Å². The van der Waals surface area contributed by atoms with E-state index in [1.54, 1.807) is 6.07 Å². The first-order valence-electron chi connectivity index (χ1n) is 8.20. The molecular formula is C18H25ClN2O2. The zero-order valence-corrected chi connectivity index (χ0v) is 14.7. The molecule has 1 aliphatic heterocycles. The van der Waals surface area contributed by atoms with Crippen LogP contribution in [0.1, 0.15) is 25.0 Å². The number of fused-ring (bicyclic) bond motifs is 1. The molecule has 0 radical (unpaired) electrons. The summed E-state index contributed by atoms with van der Waals surface area (Å²) in [4.78, 5) is 16.7. The molecule has 0 N–H and O–H groups in total. The molecule has 1 aromatic heterocycles. The number of rotatable bonds is 4. The van der Waals surface area contributed by atoms with E-state index in [9.17, 15) is 4.79 Å². The van der Waals surface area contributed by atoms with E-state index < -0.39 is 0 Å². The Hall–Kier alpha value is -1.36. The Morgan fingerprint density at radius 3 is 2.39 bits per heavy atom. The molecule has 126 valence electrons. The van der Waals surface area contributed by atoms with Crippen molar-refractivity contribution in [2.24, 2.45) is 0 Å². The van der Waals surface area contributed by atoms with Crippen LogP contribution in [-0.4, -0.2) is 42.5 Å². The zero-order valence-electron chi connectivity index (χ0n) is 13.9. The van der Waals surface area contributed by atoms with Crippen molar-refractivity contribution in [2.75, 3.05) is 32.7 Å². The molecular weight excluding hydrogens is 312 g/mol. The van der Waals surface area contributed by atoms with Crippen molar-refractivity contribution in [3.8, 4) is 0 Å². The van der Waals surface area contributed by atoms with Gasteiger partial charge in [0.2, 0.25) is 0 Å². The van der Waals surface area contributed by atoms with Crippen LogP contribution < -0.4 is 5.63 Å². The Balaban J connectivity index is 0.00000192. The zero-order chi connectivity index (χ0) is 15.5. The van der Waals surface area contributed by atoms with E-state index in [0.717, 1.165) is 56.6 Å². The van der Waals surface area contributed by atoms with E-state index in [0.29, 0.717) is 5.58 Å². The van der Waals surface area contributed by atoms with Crippen LogP contribution in [0.25, 0.3) is 11.0 Å². The molecule has 5 heteroatoms. The number of benzene rings is 1. The minimum atomic E-state index is -0.247. The van der Waals surface area contributed by atoms with Gasteiger partial charge in [-0.05, 0) is 30.2 Å². The monoisotopic (exact) mass is 336 g/mol. The first-order chi connectivity index (χ1) is 10.7. The molecule has 0 bridgehead atoms. The molecule has 1 fully saturated rings. The maximum atomic E-state index is 11.9. The van der Waals surface area contributed by atoms with Crippen molar-refractivity contribution in [3.05, 3.63) is 45.8 Å². The van der Waals surface area contributed by atoms with Gasteiger partial charge in [-0.2, -0.15) is 0 Å². The highest BCUT2D eigenvalue weighted by atomic mass is 35.5. The summed E-state index contributed by atoms with van der Waals surface area (Å²) in [6.45, 7) is 10.6. The number of hydrogen-bond acceptors (Lipinski definition) is 4. The predicted molar refractivity (Wildman–Crippen MR) is 96.5 cm³/mol. The van der Waals surface area contributed by atoms with E-state index >= 15 is 0 Å². The number of aryl methyl sites for hydroxylation is 1. The number of hydrogen-bond donors (Lipinski definition) is 0. The Morgan fingerprint density at radius 2 is 1.74 bits per heavy atom. The fourth-order valence-electron chi connectivity index (χ4n) is 3.13. The average molecular weight is 337 g/mol. The lowest BCUT2D eigenvalue weighted by molar-refractivity contribution is 0.132. The van der Waals surface area contributed by atoms with E-state index in [1.165, 1.54) is 5.56 Å². The molecule has 0 amide bonds. The molecule has 2 aromatic rings. The molecule has 4 nitrogen and oxygen atoms in total. The Kier molecular flexibility index (Phi) is 6.22. The van der Waals surface area contributed by atoms with E-state index in [2.05, 4.69) is 35.8 Å². The lowest BCUT2D eigenvalue weighted by Crippen LogP contribution is -2.45. The van der Waals surface area contributed by atoms with Crippen LogP contribution in [0.15, 0.2) is 33.5 Å². The van der Waals surface area contributed by atoms with Crippen LogP contribution in [0.4, 0.5) is 0 Å². The molecule has 1 aliphatic rings. The Morgan fingerprint density at radius 1 is 1.04 bits per heavy atom. The first-order valence-corrected chi connectivity index (χ1v) is 8.20. The van der Waals surface area contributed by atoms with Gasteiger partial charge in [0.1, 0.15) is 5.58 Å². The number of piperazine rings is 1. The third-order valence-corrected chi connectivity index (χ3v) is 4.61. The van der Waals surface area contributed by atoms with Crippen LogP contribution in [0.2, 0.25) is 0 Å². The molecule has 2 heterocycles. The van der Waals surface area contributed by atoms with Gasteiger partial charge in [-0.15, -0.1) is 12.4 Å². The predicted octanol–water partition coefficient (Wildman–Crippen LogP) is 2.91. The van der Waals surface area contributed by atoms with Crippen LogP contribution >= 0.6 is 12.4 Å². The van der Waals surface area contributed by atoms with E-state index in [-0.39, 0.29) is 18.0 Å². The molecule has 23 heavy (non-hydrogen) atoms. The number of likely N-dealkylation sites (N-methyl/N-ethyl adjacent to an activating group) is 1. The van der Waals surface area contributed by atoms with Gasteiger partial charge in [-0.3, -0.25) is 4.90 Å². The molecule has 3 rings (SSSR count). The maximum absolute atomic E-state index is 11.9. The van der Waals surface area contributed by atoms with Crippen molar-refractivity contribution in [3.63, 3.8) is 0 Å². The van der Waals surface area contributed by atoms with Crippen molar-refractivity contribution >= 4 is 23.4 Å². The fourth-order valence-corrected chi connectivity index (χ4v) is 3.13. The first kappa shape index (κ1) is 18.0. The number of nitrogens with zero attached hydrogens (tertiary/aromatic N) is 2. The van der Waals surface area contributed by atoms with Gasteiger partial charge >= 0.3 is 5.63 Å². The lowest BCUT2D eigenvalue weighted by Gasteiger charge is -2.34. The molecule has 0 spiro atoms. The van der Waals surface area contributed by atoms with Gasteiger partial charge < -0.3 is 9.32 Å². The fraction of sp³-hybridized carbons (Fsp3) is 0.500. The lowest BCUT2D eigenvalue weighted by atomic mass is 10.1. The standard InChI is InChI=1S/C18H24N2O2.ClH/c1-3-14-5-6-16-15(12-18(21)22-17(16)11-14)13-20-9-7-19(4-2)8-10-20;/h5-6,11-12H,3-4,7-10,13H2,1-2H3;1H. The van der Waals surface area contributed by atoms with Gasteiger partial charge in [0.25, 0.3) is 0 Å². The summed E-state index contributed by atoms with van der Waals surface area (Å²) < 4.78 is 5.39. The summed E-state index contributed by atoms with van der Waals surface area (Å²) in [6.07, 6.45) is 0.947. The quantitative estimate of drug-likeness (QED) is 0.804. The second kappa shape index (κ2) is 7.95. The van der Waals surface area contributed by atoms with Crippen LogP contribution in [0, 0.1) is 0 Å². The SMILES string of the molecule is CCc1ccc2c(CN3CCN(CC)CC3)cc(=O)oc2c1.Cl. The summed E-state index contributed by atoms with van der Waals surface area (Å²) in [5, 5.41) is 1.06. The van der Waals surface area contributed by atoms with Crippen LogP contribution in [0.5, 0.6) is 0 Å². The molecule has 0 saturated carbocycles. The summed E-state index contributed by atoms with van der Waals surface area (Å²) in [7, 11) is 0. The Labute approximate surface area is 143 Å². The van der Waals surface area contributed by atoms with Gasteiger partial charge in [-0.1, -0.05) is 26.0 Å². The molecule has 0 unspecified atom stereocenters. The average Bonchev–Trinajstić information content (AvgIpc) is 2.54. The van der Waals surface area contributed by atoms with Crippen molar-refractivity contribution in [2.45, 2.75) is 26.8 Å². The second-order valence-electron chi connectivity index (χ2n) is 5.99. The minimum absolute atomic E-state index is 0. The van der Waals surface area contributed by atoms with Gasteiger partial charge in [0, 0.05) is 44.2 Å². The minimum Gasteiger partial charge on any atom is -0.423 e.